The highest BCUT2D eigenvalue weighted by atomic mass is 32.1. The zero-order valence-electron chi connectivity index (χ0n) is 32.8. The number of aromatic nitrogens is 4. The largest absolute Gasteiger partial charge is 0.416 e. The van der Waals surface area contributed by atoms with Crippen molar-refractivity contribution >= 4 is 45.0 Å². The number of amides is 1. The smallest absolute Gasteiger partial charge is 0.394 e. The number of ketones is 1. The fourth-order valence-electron chi connectivity index (χ4n) is 7.41. The number of carbonyl (C=O) groups is 2. The molecule has 0 bridgehead atoms. The Morgan fingerprint density at radius 1 is 0.823 bits per heavy atom. The van der Waals surface area contributed by atoms with Crippen molar-refractivity contribution in [2.75, 3.05) is 30.7 Å². The van der Waals surface area contributed by atoms with E-state index in [9.17, 15) is 38.1 Å². The number of rotatable bonds is 14. The Bertz CT molecular complexity index is 2710. The molecule has 1 fully saturated rings. The van der Waals surface area contributed by atoms with Gasteiger partial charge >= 0.3 is 6.18 Å². The van der Waals surface area contributed by atoms with Crippen LogP contribution in [-0.4, -0.2) is 84.5 Å². The maximum absolute atomic E-state index is 13.8. The standard InChI is InChI=1S/C45H40F3N7O6S/c46-45(47,48)31-8-4-7-30(21-31)33-34(36(57)27-5-2-1-3-6-27)40(49)62-39(33)28-13-15-29(16-14-28)43(60)51-20-18-26-11-9-25(10-12-26)17-19-50-41-35-42(53-23-52-41)55(24-54-35)44-38(59)37(58)32(22-56)61-44/h1-16,21,23-24,32,37-38,44,56,58-59H,17-20,22,49H2,(H,51,60)(H,50,52,53)/t32-,37-,38-,44-/m1/s1. The molecule has 13 nitrogen and oxygen atoms in total. The van der Waals surface area contributed by atoms with Crippen LogP contribution < -0.4 is 16.4 Å². The fourth-order valence-corrected chi connectivity index (χ4v) is 8.50. The molecule has 1 saturated heterocycles. The molecular formula is C45H40F3N7O6S. The van der Waals surface area contributed by atoms with Crippen LogP contribution >= 0.6 is 11.3 Å². The van der Waals surface area contributed by atoms with Gasteiger partial charge in [0.25, 0.3) is 5.91 Å². The van der Waals surface area contributed by atoms with Crippen molar-refractivity contribution in [1.29, 1.82) is 0 Å². The molecule has 62 heavy (non-hydrogen) atoms. The van der Waals surface area contributed by atoms with Crippen LogP contribution in [0.25, 0.3) is 32.7 Å². The summed E-state index contributed by atoms with van der Waals surface area (Å²) in [5, 5.41) is 36.5. The van der Waals surface area contributed by atoms with E-state index in [1.807, 2.05) is 24.3 Å². The number of halogens is 3. The Morgan fingerprint density at radius 3 is 2.21 bits per heavy atom. The molecule has 4 aromatic carbocycles. The molecule has 1 aliphatic heterocycles. The average Bonchev–Trinajstić information content (AvgIpc) is 3.96. The number of alkyl halides is 3. The number of benzene rings is 4. The lowest BCUT2D eigenvalue weighted by Gasteiger charge is -2.16. The molecule has 4 atom stereocenters. The predicted octanol–water partition coefficient (Wildman–Crippen LogP) is 6.29. The summed E-state index contributed by atoms with van der Waals surface area (Å²) in [7, 11) is 0. The lowest BCUT2D eigenvalue weighted by atomic mass is 9.92. The summed E-state index contributed by atoms with van der Waals surface area (Å²) >= 11 is 1.10. The van der Waals surface area contributed by atoms with Gasteiger partial charge in [-0.15, -0.1) is 11.3 Å². The van der Waals surface area contributed by atoms with Crippen molar-refractivity contribution in [3.8, 4) is 21.6 Å². The molecule has 0 spiro atoms. The molecule has 318 valence electrons. The van der Waals surface area contributed by atoms with Gasteiger partial charge in [-0.1, -0.05) is 78.9 Å². The molecule has 0 unspecified atom stereocenters. The van der Waals surface area contributed by atoms with Crippen molar-refractivity contribution in [2.24, 2.45) is 0 Å². The second kappa shape index (κ2) is 17.8. The van der Waals surface area contributed by atoms with Gasteiger partial charge in [0.05, 0.1) is 29.1 Å². The van der Waals surface area contributed by atoms with Crippen LogP contribution in [0.5, 0.6) is 0 Å². The Balaban J connectivity index is 0.880. The predicted molar refractivity (Wildman–Crippen MR) is 227 cm³/mol. The van der Waals surface area contributed by atoms with Crippen LogP contribution in [0.4, 0.5) is 24.0 Å². The first-order valence-corrected chi connectivity index (χ1v) is 20.4. The molecule has 1 aliphatic rings. The van der Waals surface area contributed by atoms with Gasteiger partial charge in [0.15, 0.2) is 29.0 Å². The quantitative estimate of drug-likeness (QED) is 0.0672. The summed E-state index contributed by atoms with van der Waals surface area (Å²) in [5.41, 5.74) is 10.4. The molecule has 1 amide bonds. The monoisotopic (exact) mass is 863 g/mol. The lowest BCUT2D eigenvalue weighted by molar-refractivity contribution is -0.137. The van der Waals surface area contributed by atoms with Gasteiger partial charge in [0.1, 0.15) is 24.6 Å². The SMILES string of the molecule is Nc1sc(-c2ccc(C(=O)NCCc3ccc(CCNc4ncnc5c4ncn5[C@@H]4O[C@H](CO)[C@@H](O)[C@H]4O)cc3)cc2)c(-c2cccc(C(F)(F)F)c2)c1C(=O)c1ccccc1. The fraction of sp³-hybridized carbons (Fsp3) is 0.222. The number of nitrogens with two attached hydrogens (primary N) is 1. The van der Waals surface area contributed by atoms with Gasteiger partial charge in [-0.2, -0.15) is 13.2 Å². The number of aliphatic hydroxyl groups is 3. The van der Waals surface area contributed by atoms with E-state index in [1.165, 1.54) is 29.4 Å². The lowest BCUT2D eigenvalue weighted by Crippen LogP contribution is -2.33. The summed E-state index contributed by atoms with van der Waals surface area (Å²) in [6.07, 6.45) is -4.98. The summed E-state index contributed by atoms with van der Waals surface area (Å²) in [5.74, 6) is -0.222. The first-order chi connectivity index (χ1) is 29.9. The number of imidazole rings is 1. The number of nitrogens with zero attached hydrogens (tertiary/aromatic N) is 4. The third-order valence-corrected chi connectivity index (χ3v) is 11.7. The second-order valence-electron chi connectivity index (χ2n) is 14.7. The third-order valence-electron chi connectivity index (χ3n) is 10.7. The minimum Gasteiger partial charge on any atom is -0.394 e. The van der Waals surface area contributed by atoms with Gasteiger partial charge in [-0.25, -0.2) is 15.0 Å². The van der Waals surface area contributed by atoms with Crippen molar-refractivity contribution in [3.63, 3.8) is 0 Å². The number of carbonyl (C=O) groups excluding carboxylic acids is 2. The van der Waals surface area contributed by atoms with Crippen LogP contribution in [0.1, 0.15) is 49.2 Å². The maximum Gasteiger partial charge on any atom is 0.416 e. The van der Waals surface area contributed by atoms with Crippen LogP contribution in [0.3, 0.4) is 0 Å². The van der Waals surface area contributed by atoms with Crippen LogP contribution in [0.15, 0.2) is 116 Å². The molecular weight excluding hydrogens is 824 g/mol. The summed E-state index contributed by atoms with van der Waals surface area (Å²) in [4.78, 5) is 40.4. The average molecular weight is 864 g/mol. The number of hydrogen-bond acceptors (Lipinski definition) is 12. The maximum atomic E-state index is 13.8. The highest BCUT2D eigenvalue weighted by Gasteiger charge is 2.44. The molecule has 17 heteroatoms. The van der Waals surface area contributed by atoms with E-state index in [1.54, 1.807) is 54.6 Å². The first kappa shape index (κ1) is 42.2. The van der Waals surface area contributed by atoms with E-state index >= 15 is 0 Å². The zero-order valence-corrected chi connectivity index (χ0v) is 33.6. The Kier molecular flexibility index (Phi) is 12.1. The topological polar surface area (TPSA) is 198 Å². The van der Waals surface area contributed by atoms with E-state index < -0.39 is 48.7 Å². The molecule has 0 radical (unpaired) electrons. The number of ether oxygens (including phenoxy) is 1. The third kappa shape index (κ3) is 8.66. The minimum atomic E-state index is -4.60. The zero-order chi connectivity index (χ0) is 43.5. The van der Waals surface area contributed by atoms with E-state index in [0.717, 1.165) is 34.6 Å². The number of anilines is 2. The summed E-state index contributed by atoms with van der Waals surface area (Å²) < 4.78 is 48.5. The van der Waals surface area contributed by atoms with Crippen molar-refractivity contribution < 1.29 is 42.8 Å². The summed E-state index contributed by atoms with van der Waals surface area (Å²) in [6.45, 7) is 0.449. The van der Waals surface area contributed by atoms with Gasteiger partial charge in [-0.3, -0.25) is 14.2 Å². The highest BCUT2D eigenvalue weighted by Crippen LogP contribution is 2.47. The van der Waals surface area contributed by atoms with Crippen LogP contribution in [0.2, 0.25) is 0 Å². The van der Waals surface area contributed by atoms with E-state index in [0.29, 0.717) is 70.0 Å². The number of nitrogens with one attached hydrogen (secondary N) is 2. The van der Waals surface area contributed by atoms with Gasteiger partial charge in [0, 0.05) is 34.7 Å². The molecule has 0 aliphatic carbocycles. The van der Waals surface area contributed by atoms with Crippen LogP contribution in [-0.2, 0) is 23.8 Å². The van der Waals surface area contributed by atoms with Crippen molar-refractivity contribution in [3.05, 3.63) is 149 Å². The Labute approximate surface area is 356 Å². The number of thiophene rings is 1. The second-order valence-corrected chi connectivity index (χ2v) is 15.7. The van der Waals surface area contributed by atoms with E-state index in [4.69, 9.17) is 10.5 Å². The Morgan fingerprint density at radius 2 is 1.53 bits per heavy atom. The van der Waals surface area contributed by atoms with Crippen LogP contribution in [0, 0.1) is 0 Å². The van der Waals surface area contributed by atoms with E-state index in [2.05, 4.69) is 25.6 Å². The van der Waals surface area contributed by atoms with E-state index in [-0.39, 0.29) is 22.0 Å². The number of fused-ring (bicyclic) bond motifs is 1. The van der Waals surface area contributed by atoms with Gasteiger partial charge in [0.2, 0.25) is 0 Å². The first-order valence-electron chi connectivity index (χ1n) is 19.6. The van der Waals surface area contributed by atoms with Gasteiger partial charge in [-0.05, 0) is 59.4 Å². The minimum absolute atomic E-state index is 0.120. The normalized spacial score (nSPS) is 17.6. The highest BCUT2D eigenvalue weighted by molar-refractivity contribution is 7.20. The van der Waals surface area contributed by atoms with Crippen molar-refractivity contribution in [2.45, 2.75) is 43.6 Å². The molecule has 3 aromatic heterocycles. The molecule has 8 rings (SSSR count). The molecule has 4 heterocycles. The van der Waals surface area contributed by atoms with Gasteiger partial charge < -0.3 is 36.4 Å². The van der Waals surface area contributed by atoms with Crippen molar-refractivity contribution in [1.82, 2.24) is 24.8 Å². The Hall–Kier alpha value is -6.50. The molecule has 7 aromatic rings. The molecule has 7 N–H and O–H groups in total. The molecule has 0 saturated carbocycles. The number of nitrogen functional groups attached to an aromatic ring is 1. The number of hydrogen-bond donors (Lipinski definition) is 6. The number of aliphatic hydroxyl groups excluding tert-OH is 3. The summed E-state index contributed by atoms with van der Waals surface area (Å²) in [6, 6.07) is 27.9.